The van der Waals surface area contributed by atoms with Gasteiger partial charge in [0.2, 0.25) is 0 Å². The standard InChI is InChI=1S/C18H23BCl2N2O3/c1-2-3-4-14(17(24)26-19)12-7-9-23(10-8-12)18(25)22-13-5-6-15(20)16(21)11-13/h5-6,11-12,14H,2-4,7-10H2,1H3,(H,22,25). The number of hydrogen-bond acceptors (Lipinski definition) is 3. The molecule has 5 nitrogen and oxygen atoms in total. The zero-order valence-electron chi connectivity index (χ0n) is 14.8. The van der Waals surface area contributed by atoms with Crippen molar-refractivity contribution in [2.45, 2.75) is 39.0 Å². The largest absolute Gasteiger partial charge is 0.543 e. The van der Waals surface area contributed by atoms with Crippen molar-refractivity contribution in [3.63, 3.8) is 0 Å². The lowest BCUT2D eigenvalue weighted by Gasteiger charge is -2.35. The summed E-state index contributed by atoms with van der Waals surface area (Å²) in [6, 6.07) is 4.78. The predicted octanol–water partition coefficient (Wildman–Crippen LogP) is 4.67. The maximum Gasteiger partial charge on any atom is 0.378 e. The molecule has 1 aliphatic heterocycles. The van der Waals surface area contributed by atoms with Gasteiger partial charge in [0.05, 0.1) is 16.0 Å². The number of benzene rings is 1. The molecule has 1 heterocycles. The number of rotatable bonds is 6. The summed E-state index contributed by atoms with van der Waals surface area (Å²) in [4.78, 5) is 26.1. The van der Waals surface area contributed by atoms with Gasteiger partial charge in [-0.3, -0.25) is 4.79 Å². The zero-order valence-corrected chi connectivity index (χ0v) is 16.4. The van der Waals surface area contributed by atoms with E-state index in [-0.39, 0.29) is 23.8 Å². The van der Waals surface area contributed by atoms with Crippen LogP contribution >= 0.6 is 23.2 Å². The molecule has 2 rings (SSSR count). The van der Waals surface area contributed by atoms with Crippen LogP contribution < -0.4 is 5.32 Å². The maximum atomic E-state index is 12.4. The fraction of sp³-hybridized carbons (Fsp3) is 0.556. The summed E-state index contributed by atoms with van der Waals surface area (Å²) in [5.41, 5.74) is 0.596. The van der Waals surface area contributed by atoms with Gasteiger partial charge in [0.1, 0.15) is 0 Å². The maximum absolute atomic E-state index is 12.4. The zero-order chi connectivity index (χ0) is 19.1. The molecule has 1 atom stereocenters. The average molecular weight is 397 g/mol. The van der Waals surface area contributed by atoms with E-state index < -0.39 is 0 Å². The van der Waals surface area contributed by atoms with Crippen LogP contribution in [0.1, 0.15) is 39.0 Å². The fourth-order valence-corrected chi connectivity index (χ4v) is 3.64. The molecule has 1 aromatic carbocycles. The van der Waals surface area contributed by atoms with Crippen LogP contribution in [0.5, 0.6) is 0 Å². The van der Waals surface area contributed by atoms with Crippen molar-refractivity contribution >= 4 is 48.9 Å². The summed E-state index contributed by atoms with van der Waals surface area (Å²) in [7, 11) is 5.09. The minimum absolute atomic E-state index is 0.187. The Morgan fingerprint density at radius 3 is 2.58 bits per heavy atom. The summed E-state index contributed by atoms with van der Waals surface area (Å²) in [6.07, 6.45) is 4.24. The van der Waals surface area contributed by atoms with E-state index in [2.05, 4.69) is 16.9 Å². The molecule has 0 saturated carbocycles. The first-order valence-corrected chi connectivity index (χ1v) is 9.63. The SMILES string of the molecule is [B]OC(=O)C(CCCC)C1CCN(C(=O)Nc2ccc(Cl)c(Cl)c2)CC1. The van der Waals surface area contributed by atoms with Crippen LogP contribution in [0.3, 0.4) is 0 Å². The molecule has 0 aliphatic carbocycles. The van der Waals surface area contributed by atoms with Gasteiger partial charge >= 0.3 is 14.1 Å². The van der Waals surface area contributed by atoms with Crippen LogP contribution in [-0.4, -0.2) is 38.0 Å². The molecule has 1 saturated heterocycles. The summed E-state index contributed by atoms with van der Waals surface area (Å²) in [6.45, 7) is 3.25. The Kier molecular flexibility index (Phi) is 8.10. The molecule has 140 valence electrons. The van der Waals surface area contributed by atoms with Crippen molar-refractivity contribution in [1.82, 2.24) is 4.90 Å². The van der Waals surface area contributed by atoms with E-state index in [0.29, 0.717) is 28.8 Å². The Bertz CT molecular complexity index is 637. The molecule has 1 N–H and O–H groups in total. The van der Waals surface area contributed by atoms with Gasteiger partial charge < -0.3 is 14.9 Å². The minimum atomic E-state index is -0.350. The number of halogens is 2. The van der Waals surface area contributed by atoms with Crippen LogP contribution in [0.15, 0.2) is 18.2 Å². The minimum Gasteiger partial charge on any atom is -0.543 e. The Hall–Kier alpha value is -1.40. The number of nitrogens with one attached hydrogen (secondary N) is 1. The fourth-order valence-electron chi connectivity index (χ4n) is 3.34. The summed E-state index contributed by atoms with van der Waals surface area (Å²) in [5, 5.41) is 3.66. The van der Waals surface area contributed by atoms with Crippen molar-refractivity contribution in [1.29, 1.82) is 0 Å². The average Bonchev–Trinajstić information content (AvgIpc) is 2.65. The van der Waals surface area contributed by atoms with Gasteiger partial charge in [0.25, 0.3) is 5.97 Å². The van der Waals surface area contributed by atoms with Crippen molar-refractivity contribution in [2.24, 2.45) is 11.8 Å². The van der Waals surface area contributed by atoms with Crippen molar-refractivity contribution in [3.8, 4) is 0 Å². The molecule has 26 heavy (non-hydrogen) atoms. The quantitative estimate of drug-likeness (QED) is 0.710. The first-order valence-electron chi connectivity index (χ1n) is 8.87. The summed E-state index contributed by atoms with van der Waals surface area (Å²) < 4.78 is 4.48. The smallest absolute Gasteiger partial charge is 0.378 e. The summed E-state index contributed by atoms with van der Waals surface area (Å²) >= 11 is 11.9. The van der Waals surface area contributed by atoms with E-state index in [0.717, 1.165) is 32.1 Å². The molecule has 2 amide bonds. The second-order valence-electron chi connectivity index (χ2n) is 6.57. The Labute approximate surface area is 165 Å². The van der Waals surface area contributed by atoms with Crippen LogP contribution in [0, 0.1) is 11.8 Å². The van der Waals surface area contributed by atoms with E-state index in [1.165, 1.54) is 0 Å². The molecule has 0 spiro atoms. The number of nitrogens with zero attached hydrogens (tertiary/aromatic N) is 1. The van der Waals surface area contributed by atoms with Gasteiger partial charge in [-0.25, -0.2) is 4.79 Å². The normalized spacial score (nSPS) is 16.2. The summed E-state index contributed by atoms with van der Waals surface area (Å²) in [5.74, 6) is -0.357. The molecule has 1 unspecified atom stereocenters. The second-order valence-corrected chi connectivity index (χ2v) is 7.38. The number of hydrogen-bond donors (Lipinski definition) is 1. The van der Waals surface area contributed by atoms with Gasteiger partial charge in [-0.2, -0.15) is 0 Å². The Morgan fingerprint density at radius 1 is 1.31 bits per heavy atom. The van der Waals surface area contributed by atoms with Gasteiger partial charge in [-0.1, -0.05) is 43.0 Å². The molecule has 0 aromatic heterocycles. The molecular formula is C18H23BCl2N2O3. The highest BCUT2D eigenvalue weighted by molar-refractivity contribution is 6.42. The molecule has 1 aliphatic rings. The van der Waals surface area contributed by atoms with Crippen molar-refractivity contribution in [2.75, 3.05) is 18.4 Å². The third kappa shape index (κ3) is 5.55. The molecule has 1 aromatic rings. The number of urea groups is 1. The van der Waals surface area contributed by atoms with Gasteiger partial charge in [0, 0.05) is 18.8 Å². The first-order chi connectivity index (χ1) is 12.5. The third-order valence-corrected chi connectivity index (χ3v) is 5.59. The number of unbranched alkanes of at least 4 members (excludes halogenated alkanes) is 1. The lowest BCUT2D eigenvalue weighted by atomic mass is 9.81. The molecule has 1 fully saturated rings. The monoisotopic (exact) mass is 396 g/mol. The molecule has 0 bridgehead atoms. The predicted molar refractivity (Wildman–Crippen MR) is 105 cm³/mol. The second kappa shape index (κ2) is 10.1. The van der Waals surface area contributed by atoms with Gasteiger partial charge in [-0.05, 0) is 43.4 Å². The number of anilines is 1. The van der Waals surface area contributed by atoms with Gasteiger partial charge in [0.15, 0.2) is 0 Å². The van der Waals surface area contributed by atoms with E-state index in [4.69, 9.17) is 31.3 Å². The Morgan fingerprint density at radius 2 is 2.00 bits per heavy atom. The van der Waals surface area contributed by atoms with Crippen LogP contribution in [0.4, 0.5) is 10.5 Å². The lowest BCUT2D eigenvalue weighted by molar-refractivity contribution is -0.141. The van der Waals surface area contributed by atoms with Crippen molar-refractivity contribution in [3.05, 3.63) is 28.2 Å². The number of piperidine rings is 1. The number of likely N-dealkylation sites (tertiary alicyclic amines) is 1. The highest BCUT2D eigenvalue weighted by Gasteiger charge is 2.32. The number of carbonyl (C=O) groups excluding carboxylic acids is 2. The lowest BCUT2D eigenvalue weighted by Crippen LogP contribution is -2.43. The molecular weight excluding hydrogens is 374 g/mol. The topological polar surface area (TPSA) is 58.6 Å². The van der Waals surface area contributed by atoms with E-state index in [1.54, 1.807) is 23.1 Å². The van der Waals surface area contributed by atoms with E-state index in [9.17, 15) is 9.59 Å². The first kappa shape index (κ1) is 20.9. The molecule has 2 radical (unpaired) electrons. The van der Waals surface area contributed by atoms with Crippen LogP contribution in [0.25, 0.3) is 0 Å². The van der Waals surface area contributed by atoms with Crippen LogP contribution in [0.2, 0.25) is 10.0 Å². The van der Waals surface area contributed by atoms with E-state index >= 15 is 0 Å². The van der Waals surface area contributed by atoms with E-state index in [1.807, 2.05) is 0 Å². The van der Waals surface area contributed by atoms with Crippen molar-refractivity contribution < 1.29 is 14.2 Å². The highest BCUT2D eigenvalue weighted by Crippen LogP contribution is 2.30. The number of amides is 2. The van der Waals surface area contributed by atoms with Gasteiger partial charge in [-0.15, -0.1) is 0 Å². The molecule has 8 heteroatoms. The van der Waals surface area contributed by atoms with Crippen LogP contribution in [-0.2, 0) is 9.45 Å². The number of carbonyl (C=O) groups is 2. The highest BCUT2D eigenvalue weighted by atomic mass is 35.5. The third-order valence-electron chi connectivity index (χ3n) is 4.85. The Balaban J connectivity index is 1.90.